The number of carbonyl (C=O) groups is 2. The highest BCUT2D eigenvalue weighted by atomic mass is 16.7. The van der Waals surface area contributed by atoms with Crippen molar-refractivity contribution in [2.45, 2.75) is 38.9 Å². The highest BCUT2D eigenvalue weighted by Gasteiger charge is 2.31. The van der Waals surface area contributed by atoms with E-state index in [4.69, 9.17) is 9.47 Å². The quantitative estimate of drug-likeness (QED) is 0.659. The van der Waals surface area contributed by atoms with E-state index in [-0.39, 0.29) is 12.2 Å². The molecule has 17 heavy (non-hydrogen) atoms. The maximum atomic E-state index is 11.7. The van der Waals surface area contributed by atoms with Crippen LogP contribution in [0.15, 0.2) is 0 Å². The maximum Gasteiger partial charge on any atom is 0.508 e. The van der Waals surface area contributed by atoms with Crippen LogP contribution in [-0.4, -0.2) is 49.1 Å². The zero-order valence-electron chi connectivity index (χ0n) is 10.7. The van der Waals surface area contributed by atoms with Gasteiger partial charge in [-0.3, -0.25) is 0 Å². The lowest BCUT2D eigenvalue weighted by Gasteiger charge is -2.24. The first kappa shape index (κ1) is 13.6. The molecule has 0 N–H and O–H groups in total. The van der Waals surface area contributed by atoms with Crippen LogP contribution in [0.25, 0.3) is 0 Å². The van der Waals surface area contributed by atoms with Gasteiger partial charge in [0.05, 0.1) is 13.7 Å². The Morgan fingerprint density at radius 2 is 1.94 bits per heavy atom. The number of amides is 1. The number of hydrogen-bond donors (Lipinski definition) is 0. The van der Waals surface area contributed by atoms with Crippen molar-refractivity contribution in [2.75, 3.05) is 20.2 Å². The molecule has 6 heteroatoms. The lowest BCUT2D eigenvalue weighted by Crippen LogP contribution is -2.36. The van der Waals surface area contributed by atoms with Gasteiger partial charge >= 0.3 is 12.2 Å². The normalized spacial score (nSPS) is 20.0. The monoisotopic (exact) mass is 245 g/mol. The van der Waals surface area contributed by atoms with Crippen LogP contribution in [0.5, 0.6) is 0 Å². The molecule has 1 atom stereocenters. The van der Waals surface area contributed by atoms with Crippen LogP contribution < -0.4 is 0 Å². The molecule has 6 nitrogen and oxygen atoms in total. The topological polar surface area (TPSA) is 65.1 Å². The Kier molecular flexibility index (Phi) is 4.20. The van der Waals surface area contributed by atoms with E-state index < -0.39 is 11.8 Å². The number of rotatable bonds is 1. The average molecular weight is 245 g/mol. The van der Waals surface area contributed by atoms with Gasteiger partial charge in [0.25, 0.3) is 0 Å². The fourth-order valence-electron chi connectivity index (χ4n) is 1.50. The Labute approximate surface area is 101 Å². The number of likely N-dealkylation sites (tertiary alicyclic amines) is 1. The molecule has 0 saturated carbocycles. The van der Waals surface area contributed by atoms with Crippen molar-refractivity contribution >= 4 is 12.2 Å². The van der Waals surface area contributed by atoms with Gasteiger partial charge in [0.1, 0.15) is 11.7 Å². The summed E-state index contributed by atoms with van der Waals surface area (Å²) in [7, 11) is 1.25. The van der Waals surface area contributed by atoms with Crippen molar-refractivity contribution in [1.82, 2.24) is 4.90 Å². The molecule has 1 heterocycles. The van der Waals surface area contributed by atoms with E-state index in [1.165, 1.54) is 12.0 Å². The van der Waals surface area contributed by atoms with Gasteiger partial charge in [-0.05, 0) is 20.8 Å². The molecular formula is C11H19NO5. The molecule has 0 aromatic carbocycles. The van der Waals surface area contributed by atoms with Gasteiger partial charge in [0.15, 0.2) is 0 Å². The van der Waals surface area contributed by atoms with Crippen LogP contribution in [0.1, 0.15) is 27.2 Å². The van der Waals surface area contributed by atoms with E-state index in [0.29, 0.717) is 19.5 Å². The molecule has 1 saturated heterocycles. The summed E-state index contributed by atoms with van der Waals surface area (Å²) >= 11 is 0. The van der Waals surface area contributed by atoms with E-state index in [1.54, 1.807) is 0 Å². The first-order chi connectivity index (χ1) is 7.81. The van der Waals surface area contributed by atoms with Crippen LogP contribution in [0.3, 0.4) is 0 Å². The molecule has 1 aliphatic heterocycles. The minimum atomic E-state index is -0.721. The summed E-state index contributed by atoms with van der Waals surface area (Å²) in [5, 5.41) is 0. The van der Waals surface area contributed by atoms with E-state index in [1.807, 2.05) is 20.8 Å². The minimum absolute atomic E-state index is 0.310. The van der Waals surface area contributed by atoms with Gasteiger partial charge in [0.2, 0.25) is 0 Å². The second-order valence-electron chi connectivity index (χ2n) is 4.91. The number of hydrogen-bond acceptors (Lipinski definition) is 5. The summed E-state index contributed by atoms with van der Waals surface area (Å²) in [5.41, 5.74) is -0.515. The van der Waals surface area contributed by atoms with Crippen molar-refractivity contribution in [3.63, 3.8) is 0 Å². The average Bonchev–Trinajstić information content (AvgIpc) is 2.63. The lowest BCUT2D eigenvalue weighted by molar-refractivity contribution is 0.0197. The summed E-state index contributed by atoms with van der Waals surface area (Å²) < 4.78 is 14.6. The largest absolute Gasteiger partial charge is 0.508 e. The molecule has 0 radical (unpaired) electrons. The number of nitrogens with zero attached hydrogens (tertiary/aromatic N) is 1. The molecule has 1 aliphatic rings. The molecule has 0 unspecified atom stereocenters. The van der Waals surface area contributed by atoms with Gasteiger partial charge < -0.3 is 19.1 Å². The Hall–Kier alpha value is -1.46. The van der Waals surface area contributed by atoms with Crippen LogP contribution in [0.2, 0.25) is 0 Å². The van der Waals surface area contributed by atoms with Gasteiger partial charge in [-0.1, -0.05) is 0 Å². The Bertz CT molecular complexity index is 297. The molecular weight excluding hydrogens is 226 g/mol. The van der Waals surface area contributed by atoms with E-state index in [9.17, 15) is 9.59 Å². The third kappa shape index (κ3) is 4.50. The molecule has 0 aromatic heterocycles. The third-order valence-electron chi connectivity index (χ3n) is 2.23. The van der Waals surface area contributed by atoms with Crippen molar-refractivity contribution in [3.05, 3.63) is 0 Å². The fraction of sp³-hybridized carbons (Fsp3) is 0.818. The SMILES string of the molecule is COC(=O)O[C@@H]1CCN(C(=O)OC(C)(C)C)C1. The summed E-state index contributed by atoms with van der Waals surface area (Å²) in [6, 6.07) is 0. The first-order valence-corrected chi connectivity index (χ1v) is 5.54. The summed E-state index contributed by atoms with van der Waals surface area (Å²) in [6.07, 6.45) is -0.807. The van der Waals surface area contributed by atoms with Crippen molar-refractivity contribution in [2.24, 2.45) is 0 Å². The summed E-state index contributed by atoms with van der Waals surface area (Å²) in [5.74, 6) is 0. The number of methoxy groups -OCH3 is 1. The van der Waals surface area contributed by atoms with Crippen LogP contribution in [0, 0.1) is 0 Å². The first-order valence-electron chi connectivity index (χ1n) is 5.54. The van der Waals surface area contributed by atoms with Crippen LogP contribution in [-0.2, 0) is 14.2 Å². The predicted octanol–water partition coefficient (Wildman–Crippen LogP) is 1.78. The number of carbonyl (C=O) groups excluding carboxylic acids is 2. The minimum Gasteiger partial charge on any atom is -0.444 e. The van der Waals surface area contributed by atoms with Crippen LogP contribution >= 0.6 is 0 Å². The van der Waals surface area contributed by atoms with Crippen molar-refractivity contribution in [3.8, 4) is 0 Å². The van der Waals surface area contributed by atoms with Crippen molar-refractivity contribution in [1.29, 1.82) is 0 Å². The molecule has 0 aromatic rings. The van der Waals surface area contributed by atoms with E-state index in [0.717, 1.165) is 0 Å². The Morgan fingerprint density at radius 1 is 1.29 bits per heavy atom. The van der Waals surface area contributed by atoms with Gasteiger partial charge in [-0.15, -0.1) is 0 Å². The zero-order chi connectivity index (χ0) is 13.1. The second kappa shape index (κ2) is 5.25. The van der Waals surface area contributed by atoms with E-state index >= 15 is 0 Å². The number of ether oxygens (including phenoxy) is 3. The second-order valence-corrected chi connectivity index (χ2v) is 4.91. The third-order valence-corrected chi connectivity index (χ3v) is 2.23. The lowest BCUT2D eigenvalue weighted by atomic mass is 10.2. The van der Waals surface area contributed by atoms with Gasteiger partial charge in [0, 0.05) is 13.0 Å². The summed E-state index contributed by atoms with van der Waals surface area (Å²) in [4.78, 5) is 24.1. The standard InChI is InChI=1S/C11H19NO5/c1-11(2,3)17-9(13)12-6-5-8(7-12)16-10(14)15-4/h8H,5-7H2,1-4H3/t8-/m1/s1. The molecule has 1 fully saturated rings. The smallest absolute Gasteiger partial charge is 0.444 e. The van der Waals surface area contributed by atoms with Crippen molar-refractivity contribution < 1.29 is 23.8 Å². The molecule has 0 spiro atoms. The highest BCUT2D eigenvalue weighted by Crippen LogP contribution is 2.17. The predicted molar refractivity (Wildman–Crippen MR) is 59.7 cm³/mol. The maximum absolute atomic E-state index is 11.7. The molecule has 1 amide bonds. The molecule has 98 valence electrons. The Morgan fingerprint density at radius 3 is 2.47 bits per heavy atom. The molecule has 0 aliphatic carbocycles. The molecule has 0 bridgehead atoms. The fourth-order valence-corrected chi connectivity index (χ4v) is 1.50. The zero-order valence-corrected chi connectivity index (χ0v) is 10.7. The highest BCUT2D eigenvalue weighted by molar-refractivity contribution is 5.68. The van der Waals surface area contributed by atoms with E-state index in [2.05, 4.69) is 4.74 Å². The molecule has 1 rings (SSSR count). The van der Waals surface area contributed by atoms with Gasteiger partial charge in [-0.2, -0.15) is 0 Å². The Balaban J connectivity index is 2.39. The van der Waals surface area contributed by atoms with Gasteiger partial charge in [-0.25, -0.2) is 9.59 Å². The summed E-state index contributed by atoms with van der Waals surface area (Å²) in [6.45, 7) is 6.30. The van der Waals surface area contributed by atoms with Crippen LogP contribution in [0.4, 0.5) is 9.59 Å².